The van der Waals surface area contributed by atoms with Gasteiger partial charge < -0.3 is 4.74 Å². The number of nitrogens with two attached hydrogens (primary N) is 1. The lowest BCUT2D eigenvalue weighted by Crippen LogP contribution is -2.30. The molecule has 0 unspecified atom stereocenters. The van der Waals surface area contributed by atoms with Crippen molar-refractivity contribution in [3.05, 3.63) is 50.9 Å². The van der Waals surface area contributed by atoms with Crippen LogP contribution in [-0.2, 0) is 6.61 Å². The maximum absolute atomic E-state index is 13.6. The highest BCUT2D eigenvalue weighted by molar-refractivity contribution is 7.12. The van der Waals surface area contributed by atoms with E-state index in [1.54, 1.807) is 17.5 Å². The highest BCUT2D eigenvalue weighted by Gasteiger charge is 2.14. The molecule has 4 nitrogen and oxygen atoms in total. The highest BCUT2D eigenvalue weighted by atomic mass is 35.5. The summed E-state index contributed by atoms with van der Waals surface area (Å²) in [5.74, 6) is 4.09. The highest BCUT2D eigenvalue weighted by Crippen LogP contribution is 2.26. The van der Waals surface area contributed by atoms with E-state index in [0.717, 1.165) is 0 Å². The molecule has 100 valence electrons. The van der Waals surface area contributed by atoms with E-state index in [1.807, 2.05) is 5.43 Å². The second-order valence-electron chi connectivity index (χ2n) is 3.59. The number of hydrazine groups is 1. The number of ether oxygens (including phenoxy) is 1. The summed E-state index contributed by atoms with van der Waals surface area (Å²) in [6, 6.07) is 6.21. The van der Waals surface area contributed by atoms with Crippen molar-refractivity contribution >= 4 is 28.8 Å². The Balaban J connectivity index is 2.13. The average Bonchev–Trinajstić information content (AvgIpc) is 2.88. The summed E-state index contributed by atoms with van der Waals surface area (Å²) in [5.41, 5.74) is 2.68. The van der Waals surface area contributed by atoms with Gasteiger partial charge in [0.05, 0.1) is 9.90 Å². The first-order valence-corrected chi connectivity index (χ1v) is 6.53. The lowest BCUT2D eigenvalue weighted by Gasteiger charge is -2.08. The molecule has 0 aliphatic rings. The van der Waals surface area contributed by atoms with Crippen molar-refractivity contribution in [1.82, 2.24) is 5.43 Å². The number of nitrogens with one attached hydrogen (secondary N) is 1. The number of rotatable bonds is 4. The van der Waals surface area contributed by atoms with Gasteiger partial charge >= 0.3 is 0 Å². The lowest BCUT2D eigenvalue weighted by molar-refractivity contribution is 0.0955. The van der Waals surface area contributed by atoms with E-state index < -0.39 is 11.7 Å². The molecule has 3 N–H and O–H groups in total. The molecule has 1 heterocycles. The number of hydrogen-bond donors (Lipinski definition) is 2. The standard InChI is InChI=1S/C12H10ClFN2O2S/c13-8-2-1-3-9(10(8)14)18-6-7-4-5-19-11(7)12(17)16-15/h1-5H,6,15H2,(H,16,17). The number of amides is 1. The third-order valence-electron chi connectivity index (χ3n) is 2.38. The fourth-order valence-corrected chi connectivity index (χ4v) is 2.44. The van der Waals surface area contributed by atoms with E-state index in [-0.39, 0.29) is 17.4 Å². The molecule has 0 fully saturated rings. The summed E-state index contributed by atoms with van der Waals surface area (Å²) in [6.07, 6.45) is 0. The van der Waals surface area contributed by atoms with E-state index >= 15 is 0 Å². The predicted molar refractivity (Wildman–Crippen MR) is 71.7 cm³/mol. The first kappa shape index (κ1) is 13.8. The number of halogens is 2. The number of hydrogen-bond acceptors (Lipinski definition) is 4. The monoisotopic (exact) mass is 300 g/mol. The van der Waals surface area contributed by atoms with Crippen LogP contribution >= 0.6 is 22.9 Å². The van der Waals surface area contributed by atoms with Gasteiger partial charge in [-0.05, 0) is 23.6 Å². The van der Waals surface area contributed by atoms with Crippen LogP contribution in [0.4, 0.5) is 4.39 Å². The third kappa shape index (κ3) is 3.04. The number of benzene rings is 1. The molecule has 0 bridgehead atoms. The summed E-state index contributed by atoms with van der Waals surface area (Å²) in [5, 5.41) is 1.72. The normalized spacial score (nSPS) is 10.3. The van der Waals surface area contributed by atoms with Crippen molar-refractivity contribution in [2.24, 2.45) is 5.84 Å². The largest absolute Gasteiger partial charge is 0.486 e. The van der Waals surface area contributed by atoms with E-state index in [0.29, 0.717) is 10.4 Å². The van der Waals surface area contributed by atoms with Gasteiger partial charge in [0.25, 0.3) is 5.91 Å². The van der Waals surface area contributed by atoms with Crippen LogP contribution in [0.3, 0.4) is 0 Å². The molecular weight excluding hydrogens is 291 g/mol. The number of carbonyl (C=O) groups excluding carboxylic acids is 1. The SMILES string of the molecule is NNC(=O)c1sccc1COc1cccc(Cl)c1F. The van der Waals surface area contributed by atoms with Crippen molar-refractivity contribution in [3.8, 4) is 5.75 Å². The molecule has 0 radical (unpaired) electrons. The van der Waals surface area contributed by atoms with Gasteiger partial charge in [-0.25, -0.2) is 10.2 Å². The fraction of sp³-hybridized carbons (Fsp3) is 0.0833. The second-order valence-corrected chi connectivity index (χ2v) is 4.91. The van der Waals surface area contributed by atoms with Gasteiger partial charge in [0.1, 0.15) is 6.61 Å². The Morgan fingerprint density at radius 1 is 1.47 bits per heavy atom. The maximum Gasteiger partial charge on any atom is 0.275 e. The summed E-state index contributed by atoms with van der Waals surface area (Å²) in [6.45, 7) is 0.0590. The Hall–Kier alpha value is -1.63. The number of nitrogen functional groups attached to an aromatic ring is 1. The Bertz CT molecular complexity index is 603. The maximum atomic E-state index is 13.6. The molecular formula is C12H10ClFN2O2S. The molecule has 2 rings (SSSR count). The summed E-state index contributed by atoms with van der Waals surface area (Å²) in [7, 11) is 0. The topological polar surface area (TPSA) is 64.3 Å². The Morgan fingerprint density at radius 3 is 3.00 bits per heavy atom. The van der Waals surface area contributed by atoms with Crippen LogP contribution < -0.4 is 16.0 Å². The lowest BCUT2D eigenvalue weighted by atomic mass is 10.2. The molecule has 0 saturated heterocycles. The minimum atomic E-state index is -0.621. The van der Waals surface area contributed by atoms with Crippen LogP contribution in [0.15, 0.2) is 29.6 Å². The molecule has 1 aromatic carbocycles. The zero-order valence-corrected chi connectivity index (χ0v) is 11.2. The summed E-state index contributed by atoms with van der Waals surface area (Å²) in [4.78, 5) is 11.9. The molecule has 0 aliphatic heterocycles. The summed E-state index contributed by atoms with van der Waals surface area (Å²) >= 11 is 6.88. The minimum absolute atomic E-state index is 0.0113. The average molecular weight is 301 g/mol. The smallest absolute Gasteiger partial charge is 0.275 e. The van der Waals surface area contributed by atoms with E-state index in [9.17, 15) is 9.18 Å². The van der Waals surface area contributed by atoms with Crippen LogP contribution in [0.1, 0.15) is 15.2 Å². The molecule has 0 spiro atoms. The molecule has 1 amide bonds. The predicted octanol–water partition coefficient (Wildman–Crippen LogP) is 2.72. The van der Waals surface area contributed by atoms with E-state index in [4.69, 9.17) is 22.2 Å². The van der Waals surface area contributed by atoms with Crippen molar-refractivity contribution in [2.45, 2.75) is 6.61 Å². The van der Waals surface area contributed by atoms with Crippen molar-refractivity contribution in [2.75, 3.05) is 0 Å². The van der Waals surface area contributed by atoms with Crippen LogP contribution in [-0.4, -0.2) is 5.91 Å². The molecule has 0 saturated carbocycles. The van der Waals surface area contributed by atoms with Gasteiger partial charge in [-0.1, -0.05) is 17.7 Å². The van der Waals surface area contributed by atoms with E-state index in [2.05, 4.69) is 0 Å². The van der Waals surface area contributed by atoms with Crippen molar-refractivity contribution < 1.29 is 13.9 Å². The molecule has 19 heavy (non-hydrogen) atoms. The zero-order chi connectivity index (χ0) is 13.8. The second kappa shape index (κ2) is 6.01. The quantitative estimate of drug-likeness (QED) is 0.518. The van der Waals surface area contributed by atoms with Gasteiger partial charge in [0, 0.05) is 5.56 Å². The van der Waals surface area contributed by atoms with Crippen LogP contribution in [0.5, 0.6) is 5.75 Å². The van der Waals surface area contributed by atoms with E-state index in [1.165, 1.54) is 23.5 Å². The molecule has 2 aromatic rings. The van der Waals surface area contributed by atoms with Gasteiger partial charge in [-0.15, -0.1) is 11.3 Å². The zero-order valence-electron chi connectivity index (χ0n) is 9.65. The van der Waals surface area contributed by atoms with Crippen molar-refractivity contribution in [1.29, 1.82) is 0 Å². The molecule has 1 aromatic heterocycles. The number of thiophene rings is 1. The van der Waals surface area contributed by atoms with Crippen LogP contribution in [0.25, 0.3) is 0 Å². The van der Waals surface area contributed by atoms with Crippen LogP contribution in [0, 0.1) is 5.82 Å². The van der Waals surface area contributed by atoms with Gasteiger partial charge in [-0.3, -0.25) is 10.2 Å². The molecule has 0 aliphatic carbocycles. The van der Waals surface area contributed by atoms with Crippen LogP contribution in [0.2, 0.25) is 5.02 Å². The Kier molecular flexibility index (Phi) is 4.36. The Labute approximate surface area is 117 Å². The number of carbonyl (C=O) groups is 1. The third-order valence-corrected chi connectivity index (χ3v) is 3.63. The minimum Gasteiger partial charge on any atom is -0.486 e. The molecule has 7 heteroatoms. The fourth-order valence-electron chi connectivity index (χ4n) is 1.47. The Morgan fingerprint density at radius 2 is 2.26 bits per heavy atom. The van der Waals surface area contributed by atoms with Gasteiger partial charge in [0.15, 0.2) is 11.6 Å². The first-order chi connectivity index (χ1) is 9.13. The molecule has 0 atom stereocenters. The van der Waals surface area contributed by atoms with Gasteiger partial charge in [0.2, 0.25) is 0 Å². The summed E-state index contributed by atoms with van der Waals surface area (Å²) < 4.78 is 18.9. The van der Waals surface area contributed by atoms with Gasteiger partial charge in [-0.2, -0.15) is 0 Å². The van der Waals surface area contributed by atoms with Crippen molar-refractivity contribution in [3.63, 3.8) is 0 Å². The first-order valence-electron chi connectivity index (χ1n) is 5.27.